The van der Waals surface area contributed by atoms with Gasteiger partial charge in [-0.15, -0.1) is 0 Å². The first-order valence-corrected chi connectivity index (χ1v) is 6.69. The standard InChI is InChI=1S/C14H22ClN3O/c1-14(2,3)11-8-10(9-12(15)17-11)13(19)16-6-7-18(4)5/h8-9H,6-7H2,1-5H3,(H,16,19). The summed E-state index contributed by atoms with van der Waals surface area (Å²) in [6, 6.07) is 3.40. The van der Waals surface area contributed by atoms with Gasteiger partial charge in [-0.3, -0.25) is 4.79 Å². The normalized spacial score (nSPS) is 11.7. The number of carbonyl (C=O) groups is 1. The minimum Gasteiger partial charge on any atom is -0.351 e. The largest absolute Gasteiger partial charge is 0.351 e. The summed E-state index contributed by atoms with van der Waals surface area (Å²) in [6.07, 6.45) is 0. The molecule has 19 heavy (non-hydrogen) atoms. The molecule has 106 valence electrons. The minimum absolute atomic E-state index is 0.114. The highest BCUT2D eigenvalue weighted by atomic mass is 35.5. The summed E-state index contributed by atoms with van der Waals surface area (Å²) in [5, 5.41) is 3.22. The number of carbonyl (C=O) groups excluding carboxylic acids is 1. The molecular formula is C14H22ClN3O. The molecule has 0 atom stereocenters. The van der Waals surface area contributed by atoms with Crippen LogP contribution in [0.15, 0.2) is 12.1 Å². The lowest BCUT2D eigenvalue weighted by molar-refractivity contribution is 0.0951. The molecule has 1 aromatic rings. The first kappa shape index (κ1) is 15.9. The van der Waals surface area contributed by atoms with E-state index in [0.717, 1.165) is 12.2 Å². The highest BCUT2D eigenvalue weighted by molar-refractivity contribution is 6.29. The third-order valence-corrected chi connectivity index (χ3v) is 2.86. The number of nitrogens with one attached hydrogen (secondary N) is 1. The van der Waals surface area contributed by atoms with Gasteiger partial charge in [-0.2, -0.15) is 0 Å². The maximum absolute atomic E-state index is 12.0. The molecule has 1 rings (SSSR count). The second-order valence-corrected chi connectivity index (χ2v) is 6.26. The van der Waals surface area contributed by atoms with Crippen molar-refractivity contribution in [1.82, 2.24) is 15.2 Å². The molecule has 0 spiro atoms. The van der Waals surface area contributed by atoms with Crippen molar-refractivity contribution >= 4 is 17.5 Å². The van der Waals surface area contributed by atoms with E-state index < -0.39 is 0 Å². The summed E-state index contributed by atoms with van der Waals surface area (Å²) in [5.41, 5.74) is 1.24. The number of amides is 1. The SMILES string of the molecule is CN(C)CCNC(=O)c1cc(Cl)nc(C(C)(C)C)c1. The molecule has 0 aliphatic carbocycles. The molecule has 0 aliphatic rings. The van der Waals surface area contributed by atoms with Crippen LogP contribution < -0.4 is 5.32 Å². The second kappa shape index (κ2) is 6.35. The third kappa shape index (κ3) is 5.17. The smallest absolute Gasteiger partial charge is 0.251 e. The van der Waals surface area contributed by atoms with Gasteiger partial charge in [0.15, 0.2) is 0 Å². The zero-order chi connectivity index (χ0) is 14.6. The van der Waals surface area contributed by atoms with E-state index in [-0.39, 0.29) is 11.3 Å². The summed E-state index contributed by atoms with van der Waals surface area (Å²) in [7, 11) is 3.93. The van der Waals surface area contributed by atoms with Crippen molar-refractivity contribution in [3.63, 3.8) is 0 Å². The van der Waals surface area contributed by atoms with Crippen LogP contribution in [-0.4, -0.2) is 43.0 Å². The second-order valence-electron chi connectivity index (χ2n) is 5.87. The average Bonchev–Trinajstić information content (AvgIpc) is 2.26. The molecule has 0 saturated heterocycles. The molecule has 4 nitrogen and oxygen atoms in total. The maximum atomic E-state index is 12.0. The molecule has 0 unspecified atom stereocenters. The molecule has 0 saturated carbocycles. The van der Waals surface area contributed by atoms with E-state index in [1.807, 2.05) is 39.8 Å². The Morgan fingerprint density at radius 1 is 1.37 bits per heavy atom. The molecule has 0 fully saturated rings. The van der Waals surface area contributed by atoms with Crippen LogP contribution in [0, 0.1) is 0 Å². The highest BCUT2D eigenvalue weighted by Gasteiger charge is 2.18. The van der Waals surface area contributed by atoms with Gasteiger partial charge < -0.3 is 10.2 Å². The van der Waals surface area contributed by atoms with Gasteiger partial charge in [0.1, 0.15) is 5.15 Å². The van der Waals surface area contributed by atoms with E-state index in [9.17, 15) is 4.79 Å². The van der Waals surface area contributed by atoms with Crippen LogP contribution in [0.4, 0.5) is 0 Å². The van der Waals surface area contributed by atoms with Crippen molar-refractivity contribution in [2.75, 3.05) is 27.2 Å². The number of pyridine rings is 1. The molecule has 1 aromatic heterocycles. The average molecular weight is 284 g/mol. The monoisotopic (exact) mass is 283 g/mol. The lowest BCUT2D eigenvalue weighted by Crippen LogP contribution is -2.31. The Balaban J connectivity index is 2.83. The number of hydrogen-bond donors (Lipinski definition) is 1. The van der Waals surface area contributed by atoms with E-state index in [4.69, 9.17) is 11.6 Å². The zero-order valence-electron chi connectivity index (χ0n) is 12.2. The third-order valence-electron chi connectivity index (χ3n) is 2.67. The number of hydrogen-bond acceptors (Lipinski definition) is 3. The van der Waals surface area contributed by atoms with Crippen molar-refractivity contribution in [1.29, 1.82) is 0 Å². The summed E-state index contributed by atoms with van der Waals surface area (Å²) in [6.45, 7) is 7.53. The predicted molar refractivity (Wildman–Crippen MR) is 78.8 cm³/mol. The first-order chi connectivity index (χ1) is 8.70. The van der Waals surface area contributed by atoms with Crippen LogP contribution >= 0.6 is 11.6 Å². The fourth-order valence-electron chi connectivity index (χ4n) is 1.51. The molecule has 1 N–H and O–H groups in total. The number of aromatic nitrogens is 1. The first-order valence-electron chi connectivity index (χ1n) is 6.31. The molecule has 1 amide bonds. The van der Waals surface area contributed by atoms with Crippen LogP contribution in [0.5, 0.6) is 0 Å². The fourth-order valence-corrected chi connectivity index (χ4v) is 1.72. The number of halogens is 1. The van der Waals surface area contributed by atoms with Crippen molar-refractivity contribution in [3.8, 4) is 0 Å². The van der Waals surface area contributed by atoms with E-state index in [1.54, 1.807) is 12.1 Å². The van der Waals surface area contributed by atoms with Gasteiger partial charge in [-0.1, -0.05) is 32.4 Å². The van der Waals surface area contributed by atoms with Gasteiger partial charge in [-0.25, -0.2) is 4.98 Å². The molecule has 5 heteroatoms. The number of nitrogens with zero attached hydrogens (tertiary/aromatic N) is 2. The summed E-state index contributed by atoms with van der Waals surface area (Å²) >= 11 is 5.99. The van der Waals surface area contributed by atoms with Gasteiger partial charge in [0.2, 0.25) is 0 Å². The number of likely N-dealkylation sites (N-methyl/N-ethyl adjacent to an activating group) is 1. The quantitative estimate of drug-likeness (QED) is 0.863. The van der Waals surface area contributed by atoms with Gasteiger partial charge in [-0.05, 0) is 26.2 Å². The molecule has 0 radical (unpaired) electrons. The summed E-state index contributed by atoms with van der Waals surface area (Å²) in [5.74, 6) is -0.114. The lowest BCUT2D eigenvalue weighted by Gasteiger charge is -2.19. The number of rotatable bonds is 4. The minimum atomic E-state index is -0.135. The topological polar surface area (TPSA) is 45.2 Å². The van der Waals surface area contributed by atoms with Gasteiger partial charge in [0, 0.05) is 29.8 Å². The van der Waals surface area contributed by atoms with Crippen molar-refractivity contribution in [2.45, 2.75) is 26.2 Å². The molecule has 0 bridgehead atoms. The predicted octanol–water partition coefficient (Wildman–Crippen LogP) is 2.32. The Bertz CT molecular complexity index is 452. The van der Waals surface area contributed by atoms with Crippen LogP contribution in [0.2, 0.25) is 5.15 Å². The van der Waals surface area contributed by atoms with E-state index in [2.05, 4.69) is 10.3 Å². The fraction of sp³-hybridized carbons (Fsp3) is 0.571. The maximum Gasteiger partial charge on any atom is 0.251 e. The van der Waals surface area contributed by atoms with Crippen molar-refractivity contribution in [3.05, 3.63) is 28.5 Å². The Hall–Kier alpha value is -1.13. The van der Waals surface area contributed by atoms with Gasteiger partial charge >= 0.3 is 0 Å². The Morgan fingerprint density at radius 3 is 2.53 bits per heavy atom. The van der Waals surface area contributed by atoms with Crippen molar-refractivity contribution < 1.29 is 4.79 Å². The lowest BCUT2D eigenvalue weighted by atomic mass is 9.91. The molecule has 0 aliphatic heterocycles. The summed E-state index contributed by atoms with van der Waals surface area (Å²) in [4.78, 5) is 18.3. The molecule has 1 heterocycles. The van der Waals surface area contributed by atoms with Gasteiger partial charge in [0.05, 0.1) is 0 Å². The van der Waals surface area contributed by atoms with Gasteiger partial charge in [0.25, 0.3) is 5.91 Å². The Kier molecular flexibility index (Phi) is 5.32. The zero-order valence-corrected chi connectivity index (χ0v) is 13.0. The Labute approximate surface area is 120 Å². The molecular weight excluding hydrogens is 262 g/mol. The summed E-state index contributed by atoms with van der Waals surface area (Å²) < 4.78 is 0. The van der Waals surface area contributed by atoms with Crippen LogP contribution in [0.25, 0.3) is 0 Å². The van der Waals surface area contributed by atoms with Crippen molar-refractivity contribution in [2.24, 2.45) is 0 Å². The van der Waals surface area contributed by atoms with E-state index in [1.165, 1.54) is 0 Å². The van der Waals surface area contributed by atoms with E-state index in [0.29, 0.717) is 17.3 Å². The highest BCUT2D eigenvalue weighted by Crippen LogP contribution is 2.23. The van der Waals surface area contributed by atoms with Crippen LogP contribution in [0.1, 0.15) is 36.8 Å². The van der Waals surface area contributed by atoms with Crippen LogP contribution in [-0.2, 0) is 5.41 Å². The molecule has 0 aromatic carbocycles. The van der Waals surface area contributed by atoms with Crippen LogP contribution in [0.3, 0.4) is 0 Å². The van der Waals surface area contributed by atoms with E-state index >= 15 is 0 Å². The Morgan fingerprint density at radius 2 is 2.00 bits per heavy atom.